The van der Waals surface area contributed by atoms with Crippen molar-refractivity contribution in [2.75, 3.05) is 0 Å². The number of hydrogen-bond donors (Lipinski definition) is 1. The van der Waals surface area contributed by atoms with Crippen molar-refractivity contribution in [2.24, 2.45) is 0 Å². The van der Waals surface area contributed by atoms with Crippen LogP contribution in [0.3, 0.4) is 0 Å². The van der Waals surface area contributed by atoms with E-state index in [0.29, 0.717) is 18.2 Å². The van der Waals surface area contributed by atoms with Crippen molar-refractivity contribution in [2.45, 2.75) is 23.8 Å². The summed E-state index contributed by atoms with van der Waals surface area (Å²) in [5.41, 5.74) is -2.84. The average molecular weight is 401 g/mol. The van der Waals surface area contributed by atoms with Crippen LogP contribution in [0.15, 0.2) is 47.4 Å². The number of rotatable bonds is 4. The second-order valence-electron chi connectivity index (χ2n) is 5.15. The number of benzene rings is 2. The van der Waals surface area contributed by atoms with E-state index in [1.165, 1.54) is 0 Å². The molecule has 11 heteroatoms. The third kappa shape index (κ3) is 4.73. The maximum Gasteiger partial charge on any atom is 0.416 e. The fourth-order valence-electron chi connectivity index (χ4n) is 1.96. The van der Waals surface area contributed by atoms with E-state index in [4.69, 9.17) is 0 Å². The highest BCUT2D eigenvalue weighted by atomic mass is 32.2. The molecule has 142 valence electrons. The molecular formula is C15H10F7NO2S. The Kier molecular flexibility index (Phi) is 5.34. The van der Waals surface area contributed by atoms with Gasteiger partial charge >= 0.3 is 12.4 Å². The molecule has 0 saturated heterocycles. The van der Waals surface area contributed by atoms with Gasteiger partial charge in [-0.15, -0.1) is 0 Å². The highest BCUT2D eigenvalue weighted by molar-refractivity contribution is 7.89. The highest BCUT2D eigenvalue weighted by Gasteiger charge is 2.32. The summed E-state index contributed by atoms with van der Waals surface area (Å²) >= 11 is 0. The molecule has 0 fully saturated rings. The van der Waals surface area contributed by atoms with Gasteiger partial charge in [0, 0.05) is 12.1 Å². The Labute approximate surface area is 143 Å². The first-order valence-corrected chi connectivity index (χ1v) is 8.31. The lowest BCUT2D eigenvalue weighted by atomic mass is 10.1. The molecule has 0 atom stereocenters. The van der Waals surface area contributed by atoms with Crippen LogP contribution in [-0.2, 0) is 28.9 Å². The standard InChI is InChI=1S/C15H10F7NO2S/c16-13-7-11(15(20,21)22)5-4-9(13)8-23-26(24,25)12-3-1-2-10(6-12)14(17,18)19/h1-7,23H,8H2. The lowest BCUT2D eigenvalue weighted by Crippen LogP contribution is -2.24. The van der Waals surface area contributed by atoms with Crippen molar-refractivity contribution in [3.05, 3.63) is 65.0 Å². The van der Waals surface area contributed by atoms with Crippen molar-refractivity contribution < 1.29 is 39.2 Å². The third-order valence-electron chi connectivity index (χ3n) is 3.30. The molecule has 0 amide bonds. The molecule has 0 aromatic heterocycles. The van der Waals surface area contributed by atoms with Crippen molar-refractivity contribution in [1.29, 1.82) is 0 Å². The number of hydrogen-bond acceptors (Lipinski definition) is 2. The molecular weight excluding hydrogens is 391 g/mol. The molecule has 26 heavy (non-hydrogen) atoms. The van der Waals surface area contributed by atoms with Crippen molar-refractivity contribution in [3.8, 4) is 0 Å². The summed E-state index contributed by atoms with van der Waals surface area (Å²) in [5.74, 6) is -1.30. The van der Waals surface area contributed by atoms with E-state index in [1.807, 2.05) is 4.72 Å². The number of halogens is 7. The average Bonchev–Trinajstić information content (AvgIpc) is 2.52. The molecule has 0 unspecified atom stereocenters. The normalized spacial score (nSPS) is 13.0. The van der Waals surface area contributed by atoms with E-state index in [2.05, 4.69) is 0 Å². The topological polar surface area (TPSA) is 46.2 Å². The van der Waals surface area contributed by atoms with Gasteiger partial charge in [-0.2, -0.15) is 26.3 Å². The van der Waals surface area contributed by atoms with E-state index in [0.717, 1.165) is 18.2 Å². The maximum atomic E-state index is 13.7. The third-order valence-corrected chi connectivity index (χ3v) is 4.70. The van der Waals surface area contributed by atoms with Gasteiger partial charge in [-0.25, -0.2) is 17.5 Å². The molecule has 0 aliphatic rings. The predicted octanol–water partition coefficient (Wildman–Crippen LogP) is 4.34. The van der Waals surface area contributed by atoms with Crippen LogP contribution in [-0.4, -0.2) is 8.42 Å². The molecule has 0 heterocycles. The van der Waals surface area contributed by atoms with Gasteiger partial charge < -0.3 is 0 Å². The lowest BCUT2D eigenvalue weighted by Gasteiger charge is -2.12. The first-order chi connectivity index (χ1) is 11.8. The Hall–Kier alpha value is -2.14. The first kappa shape index (κ1) is 20.2. The van der Waals surface area contributed by atoms with Gasteiger partial charge in [0.1, 0.15) is 5.82 Å². The monoisotopic (exact) mass is 401 g/mol. The predicted molar refractivity (Wildman–Crippen MR) is 76.9 cm³/mol. The molecule has 2 rings (SSSR count). The Morgan fingerprint density at radius 3 is 1.96 bits per heavy atom. The molecule has 0 aliphatic heterocycles. The Morgan fingerprint density at radius 1 is 0.846 bits per heavy atom. The fourth-order valence-corrected chi connectivity index (χ4v) is 3.01. The summed E-state index contributed by atoms with van der Waals surface area (Å²) in [4.78, 5) is -0.709. The van der Waals surface area contributed by atoms with E-state index >= 15 is 0 Å². The largest absolute Gasteiger partial charge is 0.416 e. The molecule has 3 nitrogen and oxygen atoms in total. The summed E-state index contributed by atoms with van der Waals surface area (Å²) in [6.45, 7) is -0.734. The van der Waals surface area contributed by atoms with Crippen LogP contribution < -0.4 is 4.72 Å². The zero-order chi connectivity index (χ0) is 19.8. The van der Waals surface area contributed by atoms with Gasteiger partial charge in [0.25, 0.3) is 0 Å². The molecule has 0 radical (unpaired) electrons. The fraction of sp³-hybridized carbons (Fsp3) is 0.200. The zero-order valence-electron chi connectivity index (χ0n) is 12.6. The van der Waals surface area contributed by atoms with Gasteiger partial charge in [-0.3, -0.25) is 0 Å². The van der Waals surface area contributed by atoms with Crippen LogP contribution in [0.2, 0.25) is 0 Å². The van der Waals surface area contributed by atoms with Gasteiger partial charge in [0.05, 0.1) is 16.0 Å². The minimum absolute atomic E-state index is 0.202. The molecule has 0 spiro atoms. The zero-order valence-corrected chi connectivity index (χ0v) is 13.4. The summed E-state index contributed by atoms with van der Waals surface area (Å²) in [7, 11) is -4.44. The van der Waals surface area contributed by atoms with Gasteiger partial charge in [0.15, 0.2) is 0 Å². The molecule has 2 aromatic rings. The van der Waals surface area contributed by atoms with Gasteiger partial charge in [-0.05, 0) is 30.3 Å². The smallest absolute Gasteiger partial charge is 0.207 e. The molecule has 0 saturated carbocycles. The summed E-state index contributed by atoms with van der Waals surface area (Å²) < 4.78 is 115. The van der Waals surface area contributed by atoms with Crippen molar-refractivity contribution >= 4 is 10.0 Å². The lowest BCUT2D eigenvalue weighted by molar-refractivity contribution is -0.138. The number of sulfonamides is 1. The van der Waals surface area contributed by atoms with Crippen LogP contribution in [0.4, 0.5) is 30.7 Å². The quantitative estimate of drug-likeness (QED) is 0.775. The van der Waals surface area contributed by atoms with E-state index in [1.54, 1.807) is 0 Å². The van der Waals surface area contributed by atoms with Crippen LogP contribution in [0.25, 0.3) is 0 Å². The second-order valence-corrected chi connectivity index (χ2v) is 6.92. The minimum Gasteiger partial charge on any atom is -0.207 e. The Balaban J connectivity index is 2.21. The van der Waals surface area contributed by atoms with E-state index in [-0.39, 0.29) is 6.07 Å². The summed E-state index contributed by atoms with van der Waals surface area (Å²) in [6, 6.07) is 4.37. The SMILES string of the molecule is O=S(=O)(NCc1ccc(C(F)(F)F)cc1F)c1cccc(C(F)(F)F)c1. The summed E-state index contributed by atoms with van der Waals surface area (Å²) in [5, 5.41) is 0. The molecule has 1 N–H and O–H groups in total. The first-order valence-electron chi connectivity index (χ1n) is 6.83. The molecule has 0 aliphatic carbocycles. The van der Waals surface area contributed by atoms with Crippen molar-refractivity contribution in [1.82, 2.24) is 4.72 Å². The van der Waals surface area contributed by atoms with Crippen LogP contribution in [0.1, 0.15) is 16.7 Å². The summed E-state index contributed by atoms with van der Waals surface area (Å²) in [6.07, 6.45) is -9.53. The van der Waals surface area contributed by atoms with Gasteiger partial charge in [-0.1, -0.05) is 12.1 Å². The van der Waals surface area contributed by atoms with Gasteiger partial charge in [0.2, 0.25) is 10.0 Å². The van der Waals surface area contributed by atoms with Crippen molar-refractivity contribution in [3.63, 3.8) is 0 Å². The Morgan fingerprint density at radius 2 is 1.42 bits per heavy atom. The minimum atomic E-state index is -4.77. The van der Waals surface area contributed by atoms with Crippen LogP contribution in [0.5, 0.6) is 0 Å². The molecule has 0 bridgehead atoms. The van der Waals surface area contributed by atoms with Crippen LogP contribution >= 0.6 is 0 Å². The number of nitrogens with one attached hydrogen (secondary N) is 1. The second kappa shape index (κ2) is 6.88. The number of alkyl halides is 6. The maximum absolute atomic E-state index is 13.7. The van der Waals surface area contributed by atoms with Crippen LogP contribution in [0, 0.1) is 5.82 Å². The van der Waals surface area contributed by atoms with E-state index < -0.39 is 56.3 Å². The highest BCUT2D eigenvalue weighted by Crippen LogP contribution is 2.31. The van der Waals surface area contributed by atoms with E-state index in [9.17, 15) is 39.2 Å². The molecule has 2 aromatic carbocycles. The Bertz CT molecular complexity index is 905.